The van der Waals surface area contributed by atoms with Crippen molar-refractivity contribution >= 4 is 139 Å². The molecule has 110 heavy (non-hydrogen) atoms. The molecule has 0 amide bonds. The fourth-order valence-electron chi connectivity index (χ4n) is 17.9. The summed E-state index contributed by atoms with van der Waals surface area (Å²) < 4.78 is 151. The molecule has 0 spiro atoms. The van der Waals surface area contributed by atoms with Crippen LogP contribution in [0.1, 0.15) is 73.2 Å². The molecule has 0 saturated heterocycles. The molecule has 0 saturated carbocycles. The number of nitrogens with zero attached hydrogens (tertiary/aromatic N) is 5. The van der Waals surface area contributed by atoms with Gasteiger partial charge in [-0.15, -0.1) is 0 Å². The highest BCUT2D eigenvalue weighted by Crippen LogP contribution is 2.60. The second-order valence-electron chi connectivity index (χ2n) is 31.2. The summed E-state index contributed by atoms with van der Waals surface area (Å²) in [5.41, 5.74) is 20.6. The van der Waals surface area contributed by atoms with E-state index in [1.165, 1.54) is 0 Å². The number of fused-ring (bicyclic) bond motifs is 18. The van der Waals surface area contributed by atoms with Crippen molar-refractivity contribution in [2.45, 2.75) is 52.4 Å². The number of para-hydroxylation sites is 5. The molecular formula is C104H76BN5. The van der Waals surface area contributed by atoms with E-state index in [4.69, 9.17) is 5.48 Å². The van der Waals surface area contributed by atoms with Crippen molar-refractivity contribution in [1.82, 2.24) is 13.5 Å². The first kappa shape index (κ1) is 50.2. The van der Waals surface area contributed by atoms with Gasteiger partial charge in [0.2, 0.25) is 0 Å². The van der Waals surface area contributed by atoms with Crippen molar-refractivity contribution in [3.05, 3.63) is 363 Å². The molecule has 2 aliphatic heterocycles. The van der Waals surface area contributed by atoms with Gasteiger partial charge in [0, 0.05) is 88.1 Å². The molecule has 4 aromatic heterocycles. The molecule has 0 unspecified atom stereocenters. The van der Waals surface area contributed by atoms with Crippen LogP contribution in [0.3, 0.4) is 0 Å². The van der Waals surface area contributed by atoms with Crippen LogP contribution in [0, 0.1) is 0 Å². The van der Waals surface area contributed by atoms with Crippen molar-refractivity contribution in [3.63, 3.8) is 0 Å². The molecule has 2 aliphatic rings. The zero-order valence-electron chi connectivity index (χ0n) is 76.1. The molecule has 16 aromatic carbocycles. The van der Waals surface area contributed by atoms with Crippen molar-refractivity contribution < 1.29 is 20.6 Å². The maximum Gasteiger partial charge on any atom is 0.252 e. The third-order valence-corrected chi connectivity index (χ3v) is 22.9. The Balaban J connectivity index is 0.969. The van der Waals surface area contributed by atoms with Crippen LogP contribution in [0.5, 0.6) is 0 Å². The van der Waals surface area contributed by atoms with E-state index in [2.05, 4.69) is 286 Å². The van der Waals surface area contributed by atoms with Gasteiger partial charge in [-0.2, -0.15) is 0 Å². The first-order valence-electron chi connectivity index (χ1n) is 45.0. The van der Waals surface area contributed by atoms with E-state index in [-0.39, 0.29) is 54.7 Å². The third kappa shape index (κ3) is 9.42. The highest BCUT2D eigenvalue weighted by molar-refractivity contribution is 7.01. The Morgan fingerprint density at radius 1 is 0.291 bits per heavy atom. The molecule has 0 atom stereocenters. The van der Waals surface area contributed by atoms with Crippen molar-refractivity contribution in [2.24, 2.45) is 0 Å². The van der Waals surface area contributed by atoms with Crippen LogP contribution in [-0.4, -0.2) is 20.2 Å². The predicted molar refractivity (Wildman–Crippen MR) is 468 cm³/mol. The lowest BCUT2D eigenvalue weighted by atomic mass is 9.33. The number of anilines is 6. The molecule has 20 aromatic rings. The SMILES string of the molecule is [2H]c1c([2H])c([2H])c2c(c1[2H])c1c([2H])c(-n3c4c([2H])c([2H])c([2H])c([2H])c4c4c([2H])c([2H])c([2H])c([2H])c43)c([2H])c([2H])c1n2-c1ccc2c(c1)N(c1c(-c3ccccc3)cc(C(C)(C)C)cc1-c1ccccc1)c1c3c(c4c5ccccc5n5c6ccccc6c1c45)N(c1c(-c4ccccc4)cc(C(C)(C)C)cc1-c1ccccc1)c1ccc(-c4ccccc4)cc1B23. The zero-order chi connectivity index (χ0) is 86.5. The second kappa shape index (κ2) is 24.0. The Hall–Kier alpha value is -13.4. The summed E-state index contributed by atoms with van der Waals surface area (Å²) in [5, 5.41) is 2.94. The van der Waals surface area contributed by atoms with Crippen LogP contribution in [0.4, 0.5) is 34.1 Å². The van der Waals surface area contributed by atoms with Gasteiger partial charge < -0.3 is 23.3 Å². The predicted octanol–water partition coefficient (Wildman–Crippen LogP) is 26.0. The normalized spacial score (nSPS) is 14.9. The smallest absolute Gasteiger partial charge is 0.252 e. The van der Waals surface area contributed by atoms with Crippen molar-refractivity contribution in [1.29, 1.82) is 0 Å². The number of aromatic nitrogens is 3. The van der Waals surface area contributed by atoms with Gasteiger partial charge in [0.1, 0.15) is 0 Å². The largest absolute Gasteiger partial charge is 0.309 e. The molecule has 0 bridgehead atoms. The maximum atomic E-state index is 10.8. The molecule has 0 radical (unpaired) electrons. The zero-order valence-corrected chi connectivity index (χ0v) is 61.1. The minimum atomic E-state index is -0.731. The molecule has 520 valence electrons. The topological polar surface area (TPSA) is 20.8 Å². The Morgan fingerprint density at radius 3 is 1.15 bits per heavy atom. The Morgan fingerprint density at radius 2 is 0.691 bits per heavy atom. The maximum absolute atomic E-state index is 10.8. The third-order valence-electron chi connectivity index (χ3n) is 22.9. The monoisotopic (exact) mass is 1420 g/mol. The molecule has 0 aliphatic carbocycles. The summed E-state index contributed by atoms with van der Waals surface area (Å²) in [6.07, 6.45) is 0. The second-order valence-corrected chi connectivity index (χ2v) is 31.2. The molecule has 0 fully saturated rings. The van der Waals surface area contributed by atoms with Gasteiger partial charge in [-0.25, -0.2) is 0 Å². The Labute approximate surface area is 661 Å². The highest BCUT2D eigenvalue weighted by atomic mass is 15.2. The van der Waals surface area contributed by atoms with Crippen LogP contribution in [0.25, 0.3) is 149 Å². The van der Waals surface area contributed by atoms with E-state index in [1.54, 1.807) is 4.57 Å². The van der Waals surface area contributed by atoms with E-state index in [1.807, 2.05) is 30.3 Å². The standard InChI is InChI=1S/C104H76BN5/c1-103(2,3)71-59-80(66-34-14-8-15-35-66)98(81(60-71)67-36-16-9-17-37-67)109-93-56-52-70(65-32-12-7-13-33-65)58-86(93)105-85-55-53-74(107-89-49-29-24-44-77(89)84-63-73(54-57-92(84)107)106-87-47-27-22-42-75(87)76-43-23-28-48-88(76)106)64-94(85)110(99-82(68-38-18-10-19-39-68)61-72(104(4,5)6)62-83(99)69-40-20-11-21-41-69)102-96-79-46-26-31-51-91(79)108-90-50-30-25-45-78(90)95(100(96)108)101(109)97(102)105/h7-64H,1-6H3/i22D,23D,24D,27D,28D,29D,42D,43D,44D,47D,48D,49D,54D,57D,63D. The summed E-state index contributed by atoms with van der Waals surface area (Å²) in [7, 11) is 0. The molecule has 0 N–H and O–H groups in total. The first-order valence-corrected chi connectivity index (χ1v) is 37.5. The first-order chi connectivity index (χ1) is 60.2. The summed E-state index contributed by atoms with van der Waals surface area (Å²) >= 11 is 0. The number of hydrogen-bond donors (Lipinski definition) is 0. The fraction of sp³-hybridized carbons (Fsp3) is 0.0769. The van der Waals surface area contributed by atoms with Gasteiger partial charge >= 0.3 is 0 Å². The average Bonchev–Trinajstić information content (AvgIpc) is 1.55. The number of rotatable bonds is 9. The molecule has 6 heteroatoms. The summed E-state index contributed by atoms with van der Waals surface area (Å²) in [4.78, 5) is 5.07. The van der Waals surface area contributed by atoms with Gasteiger partial charge in [0.05, 0.1) is 81.9 Å². The van der Waals surface area contributed by atoms with E-state index in [9.17, 15) is 15.1 Å². The lowest BCUT2D eigenvalue weighted by molar-refractivity contribution is 0.590. The minimum absolute atomic E-state index is 0.143. The van der Waals surface area contributed by atoms with Crippen LogP contribution >= 0.6 is 0 Å². The molecular weight excluding hydrogens is 1330 g/mol. The minimum Gasteiger partial charge on any atom is -0.309 e. The van der Waals surface area contributed by atoms with Gasteiger partial charge in [0.15, 0.2) is 0 Å². The van der Waals surface area contributed by atoms with E-state index < -0.39 is 108 Å². The van der Waals surface area contributed by atoms with Crippen molar-refractivity contribution in [2.75, 3.05) is 9.80 Å². The Bertz CT molecular complexity index is 7920. The van der Waals surface area contributed by atoms with Crippen LogP contribution in [0.15, 0.2) is 351 Å². The van der Waals surface area contributed by atoms with Crippen LogP contribution in [0.2, 0.25) is 0 Å². The summed E-state index contributed by atoms with van der Waals surface area (Å²) in [6.45, 7) is 12.8. The van der Waals surface area contributed by atoms with Crippen LogP contribution in [-0.2, 0) is 10.8 Å². The van der Waals surface area contributed by atoms with Gasteiger partial charge in [-0.3, -0.25) is 0 Å². The summed E-state index contributed by atoms with van der Waals surface area (Å²) in [5.74, 6) is 0. The Kier molecular flexibility index (Phi) is 11.0. The number of benzene rings is 16. The van der Waals surface area contributed by atoms with Gasteiger partial charge in [-0.05, 0) is 163 Å². The highest BCUT2D eigenvalue weighted by Gasteiger charge is 2.49. The van der Waals surface area contributed by atoms with Crippen molar-refractivity contribution in [3.8, 4) is 67.0 Å². The van der Waals surface area contributed by atoms with Gasteiger partial charge in [-0.1, -0.05) is 302 Å². The van der Waals surface area contributed by atoms with Gasteiger partial charge in [0.25, 0.3) is 6.71 Å². The van der Waals surface area contributed by atoms with E-state index in [0.29, 0.717) is 5.69 Å². The van der Waals surface area contributed by atoms with E-state index >= 15 is 0 Å². The van der Waals surface area contributed by atoms with Crippen LogP contribution < -0.4 is 26.2 Å². The molecule has 6 heterocycles. The summed E-state index contributed by atoms with van der Waals surface area (Å²) in [6, 6.07) is 82.9. The lowest BCUT2D eigenvalue weighted by Gasteiger charge is -2.46. The lowest BCUT2D eigenvalue weighted by Crippen LogP contribution is -2.61. The molecule has 22 rings (SSSR count). The van der Waals surface area contributed by atoms with E-state index in [0.717, 1.165) is 154 Å². The number of hydrogen-bond acceptors (Lipinski definition) is 2. The fourth-order valence-corrected chi connectivity index (χ4v) is 17.9. The average molecular weight is 1420 g/mol. The quantitative estimate of drug-likeness (QED) is 0.134. The molecule has 5 nitrogen and oxygen atoms in total.